The maximum absolute atomic E-state index is 12.2. The van der Waals surface area contributed by atoms with Crippen LogP contribution in [0.25, 0.3) is 0 Å². The molecule has 2 nitrogen and oxygen atoms in total. The Morgan fingerprint density at radius 3 is 2.14 bits per heavy atom. The topological polar surface area (TPSA) is 37.3 Å². The van der Waals surface area contributed by atoms with Gasteiger partial charge in [0, 0.05) is 6.42 Å². The zero-order valence-corrected chi connectivity index (χ0v) is 15.5. The molecule has 0 heterocycles. The van der Waals surface area contributed by atoms with Crippen LogP contribution in [0.1, 0.15) is 87.1 Å². The summed E-state index contributed by atoms with van der Waals surface area (Å²) in [6.07, 6.45) is 11.7. The maximum atomic E-state index is 12.2. The van der Waals surface area contributed by atoms with Gasteiger partial charge in [0.2, 0.25) is 0 Å². The molecule has 22 heavy (non-hydrogen) atoms. The van der Waals surface area contributed by atoms with Gasteiger partial charge in [-0.15, -0.1) is 0 Å². The Kier molecular flexibility index (Phi) is 9.45. The summed E-state index contributed by atoms with van der Waals surface area (Å²) in [7, 11) is 0. The molecule has 0 unspecified atom stereocenters. The molecule has 1 aromatic carbocycles. The van der Waals surface area contributed by atoms with Crippen molar-refractivity contribution in [3.8, 4) is 5.75 Å². The quantitative estimate of drug-likeness (QED) is 0.354. The number of Topliss-reactive ketones (excluding diaryl/α,β-unsaturated/α-hetero) is 1. The predicted octanol–water partition coefficient (Wildman–Crippen LogP) is 6.57. The minimum atomic E-state index is 0.0462. The summed E-state index contributed by atoms with van der Waals surface area (Å²) < 4.78 is 0.600. The van der Waals surface area contributed by atoms with E-state index in [-0.39, 0.29) is 11.5 Å². The molecule has 124 valence electrons. The summed E-state index contributed by atoms with van der Waals surface area (Å²) >= 11 is 3.29. The first-order valence-corrected chi connectivity index (χ1v) is 9.38. The summed E-state index contributed by atoms with van der Waals surface area (Å²) in [6.45, 7) is 4.17. The van der Waals surface area contributed by atoms with Crippen LogP contribution in [0.3, 0.4) is 0 Å². The maximum Gasteiger partial charge on any atom is 0.166 e. The third-order valence-electron chi connectivity index (χ3n) is 4.02. The van der Waals surface area contributed by atoms with E-state index in [2.05, 4.69) is 22.9 Å². The van der Waals surface area contributed by atoms with E-state index in [0.29, 0.717) is 16.5 Å². The van der Waals surface area contributed by atoms with Gasteiger partial charge in [-0.05, 0) is 47.0 Å². The highest BCUT2D eigenvalue weighted by molar-refractivity contribution is 9.10. The molecule has 0 amide bonds. The van der Waals surface area contributed by atoms with Crippen LogP contribution in [0.15, 0.2) is 16.6 Å². The fourth-order valence-corrected chi connectivity index (χ4v) is 3.25. The lowest BCUT2D eigenvalue weighted by molar-refractivity contribution is 0.0976. The van der Waals surface area contributed by atoms with Crippen LogP contribution in [0.2, 0.25) is 0 Å². The van der Waals surface area contributed by atoms with Crippen LogP contribution >= 0.6 is 15.9 Å². The Labute approximate surface area is 143 Å². The van der Waals surface area contributed by atoms with E-state index in [4.69, 9.17) is 0 Å². The van der Waals surface area contributed by atoms with Crippen molar-refractivity contribution in [2.45, 2.75) is 78.1 Å². The number of phenols is 1. The molecular weight excluding hydrogens is 340 g/mol. The van der Waals surface area contributed by atoms with Gasteiger partial charge < -0.3 is 5.11 Å². The minimum absolute atomic E-state index is 0.0462. The Bertz CT molecular complexity index is 469. The molecule has 1 rings (SSSR count). The zero-order chi connectivity index (χ0) is 16.4. The summed E-state index contributed by atoms with van der Waals surface area (Å²) in [4.78, 5) is 12.2. The first kappa shape index (κ1) is 19.2. The Morgan fingerprint density at radius 1 is 1.00 bits per heavy atom. The van der Waals surface area contributed by atoms with Crippen LogP contribution in [-0.2, 0) is 0 Å². The van der Waals surface area contributed by atoms with E-state index in [0.717, 1.165) is 18.4 Å². The molecular formula is C19H29BrO2. The van der Waals surface area contributed by atoms with Gasteiger partial charge in [0.25, 0.3) is 0 Å². The van der Waals surface area contributed by atoms with Gasteiger partial charge >= 0.3 is 0 Å². The van der Waals surface area contributed by atoms with Crippen molar-refractivity contribution in [1.82, 2.24) is 0 Å². The van der Waals surface area contributed by atoms with Gasteiger partial charge in [-0.3, -0.25) is 4.79 Å². The van der Waals surface area contributed by atoms with Crippen LogP contribution < -0.4 is 0 Å². The summed E-state index contributed by atoms with van der Waals surface area (Å²) in [5.74, 6) is 0.122. The average molecular weight is 369 g/mol. The van der Waals surface area contributed by atoms with Crippen LogP contribution in [0.4, 0.5) is 0 Å². The molecule has 1 N–H and O–H groups in total. The summed E-state index contributed by atoms with van der Waals surface area (Å²) in [5, 5.41) is 9.97. The van der Waals surface area contributed by atoms with Crippen molar-refractivity contribution in [2.75, 3.05) is 0 Å². The number of unbranched alkanes of at least 4 members (excludes halogenated alkanes) is 8. The Balaban J connectivity index is 2.21. The highest BCUT2D eigenvalue weighted by Crippen LogP contribution is 2.30. The first-order chi connectivity index (χ1) is 10.6. The molecule has 0 aliphatic rings. The SMILES string of the molecule is CCCCCCCCCCCC(=O)c1cc(C)cc(Br)c1O. The minimum Gasteiger partial charge on any atom is -0.506 e. The fourth-order valence-electron chi connectivity index (χ4n) is 2.68. The van der Waals surface area contributed by atoms with Crippen molar-refractivity contribution in [3.63, 3.8) is 0 Å². The number of phenolic OH excluding ortho intramolecular Hbond substituents is 1. The number of aryl methyl sites for hydroxylation is 1. The predicted molar refractivity (Wildman–Crippen MR) is 96.7 cm³/mol. The number of halogens is 1. The number of benzene rings is 1. The molecule has 0 aromatic heterocycles. The van der Waals surface area contributed by atoms with Crippen molar-refractivity contribution >= 4 is 21.7 Å². The normalized spacial score (nSPS) is 10.9. The number of ketones is 1. The highest BCUT2D eigenvalue weighted by Gasteiger charge is 2.14. The molecule has 3 heteroatoms. The first-order valence-electron chi connectivity index (χ1n) is 8.58. The summed E-state index contributed by atoms with van der Waals surface area (Å²) in [6, 6.07) is 3.60. The zero-order valence-electron chi connectivity index (χ0n) is 14.0. The second kappa shape index (κ2) is 10.8. The number of aromatic hydroxyl groups is 1. The third-order valence-corrected chi connectivity index (χ3v) is 4.62. The standard InChI is InChI=1S/C19H29BrO2/c1-3-4-5-6-7-8-9-10-11-12-18(21)16-13-15(2)14-17(20)19(16)22/h13-14,22H,3-12H2,1-2H3. The molecule has 1 aromatic rings. The summed E-state index contributed by atoms with van der Waals surface area (Å²) in [5.41, 5.74) is 1.44. The number of carbonyl (C=O) groups excluding carboxylic acids is 1. The van der Waals surface area contributed by atoms with E-state index in [1.54, 1.807) is 6.07 Å². The number of carbonyl (C=O) groups is 1. The Hall–Kier alpha value is -0.830. The number of hydrogen-bond donors (Lipinski definition) is 1. The largest absolute Gasteiger partial charge is 0.506 e. The van der Waals surface area contributed by atoms with Crippen molar-refractivity contribution < 1.29 is 9.90 Å². The Morgan fingerprint density at radius 2 is 1.55 bits per heavy atom. The monoisotopic (exact) mass is 368 g/mol. The van der Waals surface area contributed by atoms with Gasteiger partial charge in [-0.25, -0.2) is 0 Å². The van der Waals surface area contributed by atoms with Crippen molar-refractivity contribution in [2.24, 2.45) is 0 Å². The third kappa shape index (κ3) is 6.95. The van der Waals surface area contributed by atoms with E-state index in [1.807, 2.05) is 13.0 Å². The second-order valence-electron chi connectivity index (χ2n) is 6.14. The fraction of sp³-hybridized carbons (Fsp3) is 0.632. The molecule has 0 aliphatic heterocycles. The molecule has 0 bridgehead atoms. The average Bonchev–Trinajstić information content (AvgIpc) is 2.49. The molecule has 0 fully saturated rings. The van der Waals surface area contributed by atoms with Crippen LogP contribution in [-0.4, -0.2) is 10.9 Å². The lowest BCUT2D eigenvalue weighted by atomic mass is 10.0. The smallest absolute Gasteiger partial charge is 0.166 e. The van der Waals surface area contributed by atoms with Gasteiger partial charge in [0.05, 0.1) is 10.0 Å². The van der Waals surface area contributed by atoms with Crippen molar-refractivity contribution in [1.29, 1.82) is 0 Å². The molecule has 0 saturated carbocycles. The lowest BCUT2D eigenvalue weighted by Gasteiger charge is -2.07. The van der Waals surface area contributed by atoms with E-state index in [1.165, 1.54) is 44.9 Å². The number of rotatable bonds is 11. The van der Waals surface area contributed by atoms with E-state index >= 15 is 0 Å². The molecule has 0 spiro atoms. The molecule has 0 radical (unpaired) electrons. The number of hydrogen-bond acceptors (Lipinski definition) is 2. The van der Waals surface area contributed by atoms with E-state index < -0.39 is 0 Å². The lowest BCUT2D eigenvalue weighted by Crippen LogP contribution is -2.00. The van der Waals surface area contributed by atoms with Crippen molar-refractivity contribution in [3.05, 3.63) is 27.7 Å². The molecule has 0 saturated heterocycles. The van der Waals surface area contributed by atoms with Crippen LogP contribution in [0.5, 0.6) is 5.75 Å². The van der Waals surface area contributed by atoms with Gasteiger partial charge in [-0.1, -0.05) is 58.3 Å². The molecule has 0 aliphatic carbocycles. The van der Waals surface area contributed by atoms with Gasteiger partial charge in [0.1, 0.15) is 5.75 Å². The second-order valence-corrected chi connectivity index (χ2v) is 7.00. The van der Waals surface area contributed by atoms with E-state index in [9.17, 15) is 9.90 Å². The van der Waals surface area contributed by atoms with Gasteiger partial charge in [-0.2, -0.15) is 0 Å². The van der Waals surface area contributed by atoms with Gasteiger partial charge in [0.15, 0.2) is 5.78 Å². The highest BCUT2D eigenvalue weighted by atomic mass is 79.9. The van der Waals surface area contributed by atoms with Crippen LogP contribution in [0, 0.1) is 6.92 Å². The molecule has 0 atom stereocenters.